The average Bonchev–Trinajstić information content (AvgIpc) is 3.09. The van der Waals surface area contributed by atoms with Crippen LogP contribution in [0.5, 0.6) is 0 Å². The third-order valence-electron chi connectivity index (χ3n) is 4.15. The number of fused-ring (bicyclic) bond motifs is 1. The topological polar surface area (TPSA) is 21.7 Å². The van der Waals surface area contributed by atoms with Gasteiger partial charge in [0.05, 0.1) is 6.04 Å². The monoisotopic (exact) mass is 419 g/mol. The van der Waals surface area contributed by atoms with Crippen molar-refractivity contribution in [2.45, 2.75) is 39.7 Å². The van der Waals surface area contributed by atoms with E-state index in [2.05, 4.69) is 5.10 Å². The summed E-state index contributed by atoms with van der Waals surface area (Å²) in [4.78, 5) is 0. The third kappa shape index (κ3) is 4.44. The average molecular weight is 419 g/mol. The van der Waals surface area contributed by atoms with Crippen LogP contribution in [0, 0.1) is 34.5 Å². The van der Waals surface area contributed by atoms with Gasteiger partial charge >= 0.3 is 7.25 Å². The Balaban J connectivity index is 0.000000500. The Bertz CT molecular complexity index is 851. The van der Waals surface area contributed by atoms with Crippen LogP contribution in [-0.4, -0.2) is 17.0 Å². The van der Waals surface area contributed by atoms with E-state index in [1.165, 1.54) is 6.33 Å². The van der Waals surface area contributed by atoms with Crippen LogP contribution >= 0.6 is 0 Å². The molecule has 0 aliphatic carbocycles. The van der Waals surface area contributed by atoms with Gasteiger partial charge in [-0.1, -0.05) is 25.5 Å². The van der Waals surface area contributed by atoms with E-state index in [1.807, 2.05) is 20.8 Å². The Morgan fingerprint density at radius 1 is 0.929 bits per heavy atom. The van der Waals surface area contributed by atoms with Crippen LogP contribution in [0.4, 0.5) is 39.2 Å². The van der Waals surface area contributed by atoms with Gasteiger partial charge in [0.15, 0.2) is 0 Å². The van der Waals surface area contributed by atoms with Crippen molar-refractivity contribution in [3.63, 3.8) is 0 Å². The molecular weight excluding hydrogens is 404 g/mol. The first-order valence-electron chi connectivity index (χ1n) is 8.01. The van der Waals surface area contributed by atoms with E-state index in [4.69, 9.17) is 0 Å². The van der Waals surface area contributed by atoms with Gasteiger partial charge in [-0.15, -0.1) is 0 Å². The largest absolute Gasteiger partial charge is 0.673 e. The second-order valence-corrected chi connectivity index (χ2v) is 7.22. The molecule has 3 nitrogen and oxygen atoms in total. The second-order valence-electron chi connectivity index (χ2n) is 7.22. The van der Waals surface area contributed by atoms with Crippen molar-refractivity contribution in [3.8, 4) is 5.69 Å². The van der Waals surface area contributed by atoms with Gasteiger partial charge in [0.25, 0.3) is 5.82 Å². The highest BCUT2D eigenvalue weighted by Gasteiger charge is 2.40. The lowest BCUT2D eigenvalue weighted by Gasteiger charge is -2.24. The smallest absolute Gasteiger partial charge is 0.418 e. The van der Waals surface area contributed by atoms with Gasteiger partial charge in [-0.25, -0.2) is 17.7 Å². The normalized spacial score (nSPS) is 16.6. The van der Waals surface area contributed by atoms with Gasteiger partial charge in [-0.2, -0.15) is 8.78 Å². The highest BCUT2D eigenvalue weighted by molar-refractivity contribution is 6.50. The van der Waals surface area contributed by atoms with Gasteiger partial charge in [0.1, 0.15) is 0 Å². The van der Waals surface area contributed by atoms with Gasteiger partial charge in [0.2, 0.25) is 41.1 Å². The quantitative estimate of drug-likeness (QED) is 0.216. The molecule has 0 saturated heterocycles. The Morgan fingerprint density at radius 2 is 1.36 bits per heavy atom. The number of hydrogen-bond donors (Lipinski definition) is 0. The highest BCUT2D eigenvalue weighted by Crippen LogP contribution is 2.34. The van der Waals surface area contributed by atoms with E-state index in [0.717, 1.165) is 11.1 Å². The predicted octanol–water partition coefficient (Wildman–Crippen LogP) is 4.69. The lowest BCUT2D eigenvalue weighted by molar-refractivity contribution is -0.729. The molecule has 0 fully saturated rings. The molecule has 0 radical (unpaired) electrons. The predicted molar refractivity (Wildman–Crippen MR) is 80.5 cm³/mol. The molecule has 2 heterocycles. The molecule has 156 valence electrons. The summed E-state index contributed by atoms with van der Waals surface area (Å²) in [6.45, 7) is 6.03. The Kier molecular flexibility index (Phi) is 5.77. The minimum Gasteiger partial charge on any atom is -0.418 e. The van der Waals surface area contributed by atoms with Crippen molar-refractivity contribution < 1.29 is 43.8 Å². The Hall–Kier alpha value is -2.21. The van der Waals surface area contributed by atoms with Crippen LogP contribution in [-0.2, 0) is 6.42 Å². The first kappa shape index (κ1) is 22.1. The molecule has 28 heavy (non-hydrogen) atoms. The number of rotatable bonds is 1. The lowest BCUT2D eigenvalue weighted by Crippen LogP contribution is -2.43. The van der Waals surface area contributed by atoms with Crippen molar-refractivity contribution in [1.82, 2.24) is 9.78 Å². The van der Waals surface area contributed by atoms with Crippen molar-refractivity contribution in [1.29, 1.82) is 0 Å². The van der Waals surface area contributed by atoms with E-state index in [1.54, 1.807) is 4.57 Å². The number of nitrogens with zero attached hydrogens (tertiary/aromatic N) is 3. The van der Waals surface area contributed by atoms with E-state index in [-0.39, 0.29) is 11.5 Å². The minimum absolute atomic E-state index is 0.0347. The van der Waals surface area contributed by atoms with Gasteiger partial charge < -0.3 is 17.3 Å². The van der Waals surface area contributed by atoms with Crippen LogP contribution in [0.1, 0.15) is 39.1 Å². The SMILES string of the molecule is CC(C)(C)[C@@H]1CCc2nn(-c3c(F)c(F)c(F)c(F)c3F)c[n+]21.F[B-](F)(F)F. The van der Waals surface area contributed by atoms with Crippen molar-refractivity contribution >= 4 is 7.25 Å². The summed E-state index contributed by atoms with van der Waals surface area (Å²) in [5.74, 6) is -9.37. The molecule has 0 amide bonds. The molecule has 0 N–H and O–H groups in total. The zero-order chi connectivity index (χ0) is 21.6. The van der Waals surface area contributed by atoms with Crippen molar-refractivity contribution in [2.24, 2.45) is 5.41 Å². The molecule has 1 aromatic carbocycles. The maximum atomic E-state index is 13.9. The molecule has 0 spiro atoms. The fraction of sp³-hybridized carbons (Fsp3) is 0.467. The van der Waals surface area contributed by atoms with Crippen LogP contribution in [0.15, 0.2) is 6.33 Å². The standard InChI is InChI=1S/C15H15F5N3.BF4/c1-15(2,3)7-4-5-8-21-23(6-22(7)8)14-12(19)10(17)9(16)11(18)13(14)20;2-1(3,4)5/h6-7H,4-5H2,1-3H3;/q+1;-1/t7-;/m0./s1. The molecule has 13 heteroatoms. The Labute approximate surface area is 153 Å². The molecule has 1 aliphatic heterocycles. The van der Waals surface area contributed by atoms with Gasteiger partial charge in [0, 0.05) is 11.5 Å². The molecule has 0 unspecified atom stereocenters. The summed E-state index contributed by atoms with van der Waals surface area (Å²) in [6.07, 6.45) is 2.67. The molecule has 0 saturated carbocycles. The molecule has 3 rings (SSSR count). The molecule has 0 bridgehead atoms. The molecule has 1 aliphatic rings. The second kappa shape index (κ2) is 7.32. The van der Waals surface area contributed by atoms with Gasteiger partial charge in [-0.05, 0) is 11.8 Å². The van der Waals surface area contributed by atoms with Crippen LogP contribution in [0.25, 0.3) is 5.69 Å². The van der Waals surface area contributed by atoms with Gasteiger partial charge in [-0.3, -0.25) is 0 Å². The van der Waals surface area contributed by atoms with Crippen LogP contribution < -0.4 is 4.57 Å². The number of benzene rings is 1. The maximum Gasteiger partial charge on any atom is 0.673 e. The fourth-order valence-corrected chi connectivity index (χ4v) is 2.98. The summed E-state index contributed by atoms with van der Waals surface area (Å²) < 4.78 is 109. The molecule has 1 atom stereocenters. The first-order valence-corrected chi connectivity index (χ1v) is 8.01. The summed E-state index contributed by atoms with van der Waals surface area (Å²) in [5, 5.41) is 4.00. The number of aryl methyl sites for hydroxylation is 1. The summed E-state index contributed by atoms with van der Waals surface area (Å²) in [5.41, 5.74) is -1.18. The van der Waals surface area contributed by atoms with Crippen molar-refractivity contribution in [3.05, 3.63) is 41.2 Å². The molecular formula is C15H15BF9N3. The zero-order valence-electron chi connectivity index (χ0n) is 14.9. The Morgan fingerprint density at radius 3 is 1.79 bits per heavy atom. The van der Waals surface area contributed by atoms with E-state index in [0.29, 0.717) is 12.2 Å². The molecule has 2 aromatic rings. The van der Waals surface area contributed by atoms with E-state index < -0.39 is 42.0 Å². The zero-order valence-corrected chi connectivity index (χ0v) is 14.9. The fourth-order valence-electron chi connectivity index (χ4n) is 2.98. The number of halogens is 9. The first-order chi connectivity index (χ1) is 12.6. The van der Waals surface area contributed by atoms with Crippen molar-refractivity contribution in [2.75, 3.05) is 0 Å². The van der Waals surface area contributed by atoms with E-state index >= 15 is 0 Å². The van der Waals surface area contributed by atoms with Crippen LogP contribution in [0.3, 0.4) is 0 Å². The lowest BCUT2D eigenvalue weighted by atomic mass is 9.85. The number of aromatic nitrogens is 3. The molecule has 1 aromatic heterocycles. The summed E-state index contributed by atoms with van der Waals surface area (Å²) >= 11 is 0. The maximum absolute atomic E-state index is 13.9. The van der Waals surface area contributed by atoms with E-state index in [9.17, 15) is 39.2 Å². The number of hydrogen-bond acceptors (Lipinski definition) is 1. The third-order valence-corrected chi connectivity index (χ3v) is 4.15. The minimum atomic E-state index is -6.00. The summed E-state index contributed by atoms with van der Waals surface area (Å²) in [6, 6.07) is 0.0347. The van der Waals surface area contributed by atoms with Crippen LogP contribution in [0.2, 0.25) is 0 Å². The summed E-state index contributed by atoms with van der Waals surface area (Å²) in [7, 11) is -6.00. The highest BCUT2D eigenvalue weighted by atomic mass is 19.5.